The first-order valence-corrected chi connectivity index (χ1v) is 7.40. The van der Waals surface area contributed by atoms with Gasteiger partial charge in [0.1, 0.15) is 5.52 Å². The van der Waals surface area contributed by atoms with E-state index in [1.165, 1.54) is 6.33 Å². The topological polar surface area (TPSA) is 85.0 Å². The van der Waals surface area contributed by atoms with Crippen LogP contribution in [0.5, 0.6) is 0 Å². The van der Waals surface area contributed by atoms with Crippen LogP contribution in [0.15, 0.2) is 17.3 Å². The van der Waals surface area contributed by atoms with Crippen LogP contribution in [0, 0.1) is 0 Å². The van der Waals surface area contributed by atoms with Gasteiger partial charge in [0.2, 0.25) is 0 Å². The minimum atomic E-state index is -0.165. The van der Waals surface area contributed by atoms with E-state index in [0.29, 0.717) is 17.6 Å². The summed E-state index contributed by atoms with van der Waals surface area (Å²) in [5.74, 6) is 0.864. The summed E-state index contributed by atoms with van der Waals surface area (Å²) < 4.78 is 0. The zero-order valence-electron chi connectivity index (χ0n) is 11.0. The van der Waals surface area contributed by atoms with Crippen molar-refractivity contribution in [2.45, 2.75) is 12.6 Å². The molecule has 0 fully saturated rings. The zero-order valence-corrected chi connectivity index (χ0v) is 11.8. The highest BCUT2D eigenvalue weighted by molar-refractivity contribution is 7.98. The maximum absolute atomic E-state index is 11.6. The molecule has 6 nitrogen and oxygen atoms in total. The van der Waals surface area contributed by atoms with Crippen LogP contribution in [0.1, 0.15) is 5.56 Å². The fraction of sp³-hybridized carbons (Fsp3) is 0.500. The first-order chi connectivity index (χ1) is 9.17. The molecule has 2 rings (SSSR count). The molecule has 19 heavy (non-hydrogen) atoms. The van der Waals surface area contributed by atoms with E-state index in [4.69, 9.17) is 0 Å². The molecular weight excluding hydrogens is 264 g/mol. The van der Waals surface area contributed by atoms with Crippen LogP contribution < -0.4 is 5.56 Å². The molecule has 0 bridgehead atoms. The summed E-state index contributed by atoms with van der Waals surface area (Å²) in [6.45, 7) is 0.760. The van der Waals surface area contributed by atoms with Crippen LogP contribution in [0.25, 0.3) is 11.0 Å². The predicted octanol–water partition coefficient (Wildman–Crippen LogP) is 0.407. The van der Waals surface area contributed by atoms with Gasteiger partial charge in [0.05, 0.1) is 18.5 Å². The van der Waals surface area contributed by atoms with Crippen LogP contribution in [-0.4, -0.2) is 56.7 Å². The molecule has 2 heterocycles. The number of aromatic nitrogens is 3. The summed E-state index contributed by atoms with van der Waals surface area (Å²) in [5.41, 5.74) is 1.98. The number of H-pyrrole nitrogens is 2. The molecule has 0 amide bonds. The lowest BCUT2D eigenvalue weighted by molar-refractivity contribution is 0.157. The third kappa shape index (κ3) is 2.99. The summed E-state index contributed by atoms with van der Waals surface area (Å²) in [6, 6.07) is 0.0990. The van der Waals surface area contributed by atoms with Crippen molar-refractivity contribution in [2.24, 2.45) is 0 Å². The summed E-state index contributed by atoms with van der Waals surface area (Å²) >= 11 is 1.70. The molecule has 0 aromatic carbocycles. The van der Waals surface area contributed by atoms with Crippen molar-refractivity contribution in [1.82, 2.24) is 19.9 Å². The van der Waals surface area contributed by atoms with Gasteiger partial charge in [-0.3, -0.25) is 9.69 Å². The van der Waals surface area contributed by atoms with Gasteiger partial charge in [-0.1, -0.05) is 0 Å². The lowest BCUT2D eigenvalue weighted by Gasteiger charge is -2.25. The molecule has 0 aliphatic heterocycles. The molecule has 3 N–H and O–H groups in total. The quantitative estimate of drug-likeness (QED) is 0.714. The Morgan fingerprint density at radius 1 is 1.53 bits per heavy atom. The molecule has 1 atom stereocenters. The van der Waals surface area contributed by atoms with Gasteiger partial charge >= 0.3 is 0 Å². The van der Waals surface area contributed by atoms with Gasteiger partial charge in [0.15, 0.2) is 0 Å². The average Bonchev–Trinajstić information content (AvgIpc) is 2.80. The van der Waals surface area contributed by atoms with Crippen LogP contribution in [0.2, 0.25) is 0 Å². The molecule has 0 saturated heterocycles. The number of nitrogens with one attached hydrogen (secondary N) is 2. The van der Waals surface area contributed by atoms with Crippen molar-refractivity contribution >= 4 is 22.8 Å². The van der Waals surface area contributed by atoms with Gasteiger partial charge in [0, 0.05) is 30.1 Å². The zero-order chi connectivity index (χ0) is 13.8. The van der Waals surface area contributed by atoms with E-state index >= 15 is 0 Å². The number of fused-ring (bicyclic) bond motifs is 1. The minimum Gasteiger partial charge on any atom is -0.395 e. The lowest BCUT2D eigenvalue weighted by Crippen LogP contribution is -2.36. The Bertz CT molecular complexity index is 595. The molecular formula is C12H18N4O2S. The molecule has 2 aromatic heterocycles. The average molecular weight is 282 g/mol. The Labute approximate surface area is 115 Å². The van der Waals surface area contributed by atoms with E-state index in [-0.39, 0.29) is 18.2 Å². The summed E-state index contributed by atoms with van der Waals surface area (Å²) in [7, 11) is 1.96. The van der Waals surface area contributed by atoms with Crippen LogP contribution in [-0.2, 0) is 6.54 Å². The molecule has 0 aliphatic rings. The smallest absolute Gasteiger partial charge is 0.275 e. The third-order valence-electron chi connectivity index (χ3n) is 3.16. The van der Waals surface area contributed by atoms with E-state index < -0.39 is 0 Å². The normalized spacial score (nSPS) is 13.3. The Balaban J connectivity index is 2.21. The van der Waals surface area contributed by atoms with Gasteiger partial charge < -0.3 is 15.1 Å². The highest BCUT2D eigenvalue weighted by Gasteiger charge is 2.16. The highest BCUT2D eigenvalue weighted by Crippen LogP contribution is 2.15. The second-order valence-corrected chi connectivity index (χ2v) is 5.39. The molecule has 0 spiro atoms. The molecule has 104 valence electrons. The SMILES string of the molecule is CSC[C@H](CO)N(C)Cc1c[nH]c2c(=O)[nH]cnc12. The predicted molar refractivity (Wildman–Crippen MR) is 77.4 cm³/mol. The first kappa shape index (κ1) is 14.1. The van der Waals surface area contributed by atoms with Crippen molar-refractivity contribution in [3.8, 4) is 0 Å². The molecule has 0 saturated carbocycles. The van der Waals surface area contributed by atoms with Gasteiger partial charge in [-0.2, -0.15) is 11.8 Å². The minimum absolute atomic E-state index is 0.0990. The number of likely N-dealkylation sites (N-methyl/N-ethyl adjacent to an activating group) is 1. The number of rotatable bonds is 6. The number of nitrogens with zero attached hydrogens (tertiary/aromatic N) is 2. The van der Waals surface area contributed by atoms with E-state index in [1.54, 1.807) is 18.0 Å². The largest absolute Gasteiger partial charge is 0.395 e. The van der Waals surface area contributed by atoms with Gasteiger partial charge in [-0.05, 0) is 13.3 Å². The van der Waals surface area contributed by atoms with Crippen LogP contribution >= 0.6 is 11.8 Å². The molecule has 2 aromatic rings. The second-order valence-electron chi connectivity index (χ2n) is 4.48. The van der Waals surface area contributed by atoms with E-state index in [2.05, 4.69) is 19.9 Å². The molecule has 0 unspecified atom stereocenters. The fourth-order valence-electron chi connectivity index (χ4n) is 2.03. The van der Waals surface area contributed by atoms with Crippen molar-refractivity contribution in [2.75, 3.05) is 25.7 Å². The maximum Gasteiger partial charge on any atom is 0.275 e. The van der Waals surface area contributed by atoms with Crippen molar-refractivity contribution in [3.63, 3.8) is 0 Å². The van der Waals surface area contributed by atoms with E-state index in [9.17, 15) is 9.90 Å². The molecule has 0 aliphatic carbocycles. The van der Waals surface area contributed by atoms with Crippen molar-refractivity contribution in [1.29, 1.82) is 0 Å². The van der Waals surface area contributed by atoms with Crippen molar-refractivity contribution < 1.29 is 5.11 Å². The number of hydrogen-bond acceptors (Lipinski definition) is 5. The Morgan fingerprint density at radius 2 is 2.32 bits per heavy atom. The van der Waals surface area contributed by atoms with Gasteiger partial charge in [-0.25, -0.2) is 4.98 Å². The standard InChI is InChI=1S/C12H18N4O2S/c1-16(9(5-17)6-19-2)4-8-3-13-11-10(8)14-7-15-12(11)18/h3,7,9,13,17H,4-6H2,1-2H3,(H,14,15,18)/t9-/m0/s1. The Kier molecular flexibility index (Phi) is 4.62. The van der Waals surface area contributed by atoms with Crippen molar-refractivity contribution in [3.05, 3.63) is 28.4 Å². The number of aliphatic hydroxyl groups excluding tert-OH is 1. The highest BCUT2D eigenvalue weighted by atomic mass is 32.2. The van der Waals surface area contributed by atoms with Gasteiger partial charge in [0.25, 0.3) is 5.56 Å². The summed E-state index contributed by atoms with van der Waals surface area (Å²) in [4.78, 5) is 23.4. The number of hydrogen-bond donors (Lipinski definition) is 3. The monoisotopic (exact) mass is 282 g/mol. The number of aromatic amines is 2. The van der Waals surface area contributed by atoms with Crippen LogP contribution in [0.3, 0.4) is 0 Å². The number of thioether (sulfide) groups is 1. The van der Waals surface area contributed by atoms with E-state index in [0.717, 1.165) is 11.3 Å². The first-order valence-electron chi connectivity index (χ1n) is 6.01. The fourth-order valence-corrected chi connectivity index (χ4v) is 2.78. The Hall–Kier alpha value is -1.31. The van der Waals surface area contributed by atoms with E-state index in [1.807, 2.05) is 13.3 Å². The third-order valence-corrected chi connectivity index (χ3v) is 3.88. The Morgan fingerprint density at radius 3 is 3.00 bits per heavy atom. The maximum atomic E-state index is 11.6. The number of aliphatic hydroxyl groups is 1. The van der Waals surface area contributed by atoms with Crippen LogP contribution in [0.4, 0.5) is 0 Å². The van der Waals surface area contributed by atoms with Gasteiger partial charge in [-0.15, -0.1) is 0 Å². The molecule has 7 heteroatoms. The second kappa shape index (κ2) is 6.23. The molecule has 0 radical (unpaired) electrons. The lowest BCUT2D eigenvalue weighted by atomic mass is 10.2. The summed E-state index contributed by atoms with van der Waals surface area (Å²) in [5, 5.41) is 9.38. The summed E-state index contributed by atoms with van der Waals surface area (Å²) in [6.07, 6.45) is 5.23.